The van der Waals surface area contributed by atoms with Gasteiger partial charge in [0.15, 0.2) is 6.61 Å². The van der Waals surface area contributed by atoms with Crippen LogP contribution in [0.2, 0.25) is 0 Å². The summed E-state index contributed by atoms with van der Waals surface area (Å²) in [4.78, 5) is 39.3. The maximum Gasteiger partial charge on any atom is 0.311 e. The lowest BCUT2D eigenvalue weighted by molar-refractivity contribution is -0.385. The fourth-order valence-corrected chi connectivity index (χ4v) is 3.90. The van der Waals surface area contributed by atoms with Crippen LogP contribution in [0.4, 0.5) is 5.69 Å². The molecule has 3 rings (SSSR count). The number of rotatable bonds is 13. The number of methoxy groups -OCH3 is 1. The van der Waals surface area contributed by atoms with Gasteiger partial charge in [0.2, 0.25) is 11.7 Å². The minimum absolute atomic E-state index is 0.0241. The highest BCUT2D eigenvalue weighted by Gasteiger charge is 2.31. The number of hydrogen-bond acceptors (Lipinski definition) is 6. The van der Waals surface area contributed by atoms with Gasteiger partial charge in [-0.25, -0.2) is 0 Å². The zero-order chi connectivity index (χ0) is 27.5. The molecule has 0 aromatic heterocycles. The van der Waals surface area contributed by atoms with E-state index in [2.05, 4.69) is 5.32 Å². The van der Waals surface area contributed by atoms with E-state index < -0.39 is 16.9 Å². The number of nitro benzene ring substituents is 1. The third-order valence-corrected chi connectivity index (χ3v) is 6.18. The molecule has 0 saturated heterocycles. The van der Waals surface area contributed by atoms with E-state index in [-0.39, 0.29) is 42.3 Å². The van der Waals surface area contributed by atoms with Gasteiger partial charge in [-0.1, -0.05) is 67.6 Å². The fourth-order valence-electron chi connectivity index (χ4n) is 3.90. The second kappa shape index (κ2) is 13.8. The molecule has 0 fully saturated rings. The quantitative estimate of drug-likeness (QED) is 0.262. The van der Waals surface area contributed by atoms with E-state index in [0.717, 1.165) is 17.5 Å². The number of carbonyl (C=O) groups excluding carboxylic acids is 2. The van der Waals surface area contributed by atoms with Crippen LogP contribution >= 0.6 is 0 Å². The maximum atomic E-state index is 13.6. The van der Waals surface area contributed by atoms with Crippen molar-refractivity contribution in [3.63, 3.8) is 0 Å². The molecule has 0 aliphatic carbocycles. The van der Waals surface area contributed by atoms with E-state index in [1.165, 1.54) is 30.2 Å². The topological polar surface area (TPSA) is 111 Å². The van der Waals surface area contributed by atoms with Crippen molar-refractivity contribution in [3.05, 3.63) is 100 Å². The van der Waals surface area contributed by atoms with Crippen molar-refractivity contribution < 1.29 is 24.0 Å². The Morgan fingerprint density at radius 3 is 2.21 bits per heavy atom. The number of ether oxygens (including phenoxy) is 2. The Bertz CT molecular complexity index is 1220. The average Bonchev–Trinajstić information content (AvgIpc) is 2.94. The van der Waals surface area contributed by atoms with E-state index in [0.29, 0.717) is 6.42 Å². The Hall–Kier alpha value is -4.40. The number of hydrogen-bond donors (Lipinski definition) is 1. The summed E-state index contributed by atoms with van der Waals surface area (Å²) in [5, 5.41) is 14.2. The van der Waals surface area contributed by atoms with Crippen molar-refractivity contribution >= 4 is 17.5 Å². The highest BCUT2D eigenvalue weighted by atomic mass is 16.6. The molecule has 0 aliphatic heterocycles. The van der Waals surface area contributed by atoms with Gasteiger partial charge in [-0.2, -0.15) is 0 Å². The maximum absolute atomic E-state index is 13.6. The molecular formula is C29H33N3O6. The Labute approximate surface area is 222 Å². The zero-order valence-corrected chi connectivity index (χ0v) is 21.8. The van der Waals surface area contributed by atoms with Gasteiger partial charge in [0.1, 0.15) is 11.8 Å². The Morgan fingerprint density at radius 1 is 1.00 bits per heavy atom. The van der Waals surface area contributed by atoms with Crippen molar-refractivity contribution in [3.8, 4) is 11.5 Å². The molecule has 0 saturated carbocycles. The molecule has 0 radical (unpaired) electrons. The van der Waals surface area contributed by atoms with Crippen LogP contribution in [0.1, 0.15) is 31.4 Å². The van der Waals surface area contributed by atoms with Crippen molar-refractivity contribution in [2.45, 2.75) is 45.3 Å². The first kappa shape index (κ1) is 28.2. The van der Waals surface area contributed by atoms with Crippen LogP contribution in [0.3, 0.4) is 0 Å². The summed E-state index contributed by atoms with van der Waals surface area (Å²) >= 11 is 0. The average molecular weight is 520 g/mol. The summed E-state index contributed by atoms with van der Waals surface area (Å²) in [6, 6.07) is 22.2. The minimum Gasteiger partial charge on any atom is -0.490 e. The van der Waals surface area contributed by atoms with Gasteiger partial charge in [-0.3, -0.25) is 19.7 Å². The standard InChI is InChI=1S/C29H33N3O6/c1-4-21(2)30-29(34)26(17-22-11-7-5-8-12-22)31(19-23-13-9-6-10-14-23)28(33)20-38-24-15-16-25(32(35)36)27(18-24)37-3/h5-16,18,21,26H,4,17,19-20H2,1-3H3,(H,30,34)/t21-,26+/m1/s1. The van der Waals surface area contributed by atoms with Crippen LogP contribution in [0.25, 0.3) is 0 Å². The third kappa shape index (κ3) is 7.80. The molecule has 0 aliphatic rings. The minimum atomic E-state index is -0.783. The monoisotopic (exact) mass is 519 g/mol. The van der Waals surface area contributed by atoms with E-state index >= 15 is 0 Å². The largest absolute Gasteiger partial charge is 0.490 e. The van der Waals surface area contributed by atoms with Gasteiger partial charge in [-0.15, -0.1) is 0 Å². The number of nitrogens with one attached hydrogen (secondary N) is 1. The number of benzene rings is 3. The van der Waals surface area contributed by atoms with Crippen LogP contribution in [0.5, 0.6) is 11.5 Å². The molecular weight excluding hydrogens is 486 g/mol. The predicted molar refractivity (Wildman–Crippen MR) is 144 cm³/mol. The normalized spacial score (nSPS) is 12.2. The van der Waals surface area contributed by atoms with Crippen LogP contribution in [0.15, 0.2) is 78.9 Å². The summed E-state index contributed by atoms with van der Waals surface area (Å²) in [7, 11) is 1.32. The smallest absolute Gasteiger partial charge is 0.311 e. The van der Waals surface area contributed by atoms with E-state index in [4.69, 9.17) is 9.47 Å². The summed E-state index contributed by atoms with van der Waals surface area (Å²) in [6.45, 7) is 3.75. The summed E-state index contributed by atoms with van der Waals surface area (Å²) in [5.74, 6) is -0.379. The lowest BCUT2D eigenvalue weighted by Crippen LogP contribution is -2.53. The van der Waals surface area contributed by atoms with E-state index in [1.54, 1.807) is 0 Å². The SMILES string of the molecule is CC[C@@H](C)NC(=O)[C@H](Cc1ccccc1)N(Cc1ccccc1)C(=O)COc1ccc([N+](=O)[O-])c(OC)c1. The van der Waals surface area contributed by atoms with Crippen molar-refractivity contribution in [2.24, 2.45) is 0 Å². The van der Waals surface area contributed by atoms with Crippen LogP contribution in [0, 0.1) is 10.1 Å². The number of amides is 2. The molecule has 200 valence electrons. The predicted octanol–water partition coefficient (Wildman–Crippen LogP) is 4.54. The van der Waals surface area contributed by atoms with Gasteiger partial charge >= 0.3 is 5.69 Å². The molecule has 0 bridgehead atoms. The molecule has 0 unspecified atom stereocenters. The van der Waals surface area contributed by atoms with Crippen LogP contribution in [-0.2, 0) is 22.6 Å². The Morgan fingerprint density at radius 2 is 1.63 bits per heavy atom. The molecule has 2 atom stereocenters. The molecule has 0 spiro atoms. The highest BCUT2D eigenvalue weighted by molar-refractivity contribution is 5.88. The van der Waals surface area contributed by atoms with Crippen molar-refractivity contribution in [1.82, 2.24) is 10.2 Å². The van der Waals surface area contributed by atoms with Crippen LogP contribution in [-0.4, -0.2) is 47.4 Å². The Kier molecular flexibility index (Phi) is 10.2. The van der Waals surface area contributed by atoms with Gasteiger partial charge in [0, 0.05) is 31.1 Å². The van der Waals surface area contributed by atoms with Gasteiger partial charge in [0.25, 0.3) is 5.91 Å². The molecule has 3 aromatic carbocycles. The molecule has 2 amide bonds. The summed E-state index contributed by atoms with van der Waals surface area (Å²) in [6.07, 6.45) is 1.08. The Balaban J connectivity index is 1.90. The lowest BCUT2D eigenvalue weighted by atomic mass is 10.0. The zero-order valence-electron chi connectivity index (χ0n) is 21.8. The third-order valence-electron chi connectivity index (χ3n) is 6.18. The van der Waals surface area contributed by atoms with Gasteiger partial charge in [-0.05, 0) is 30.5 Å². The van der Waals surface area contributed by atoms with Crippen molar-refractivity contribution in [1.29, 1.82) is 0 Å². The summed E-state index contributed by atoms with van der Waals surface area (Å²) < 4.78 is 10.8. The van der Waals surface area contributed by atoms with Crippen LogP contribution < -0.4 is 14.8 Å². The highest BCUT2D eigenvalue weighted by Crippen LogP contribution is 2.30. The number of nitro groups is 1. The second-order valence-electron chi connectivity index (χ2n) is 8.91. The van der Waals surface area contributed by atoms with Crippen molar-refractivity contribution in [2.75, 3.05) is 13.7 Å². The first-order chi connectivity index (χ1) is 18.3. The first-order valence-corrected chi connectivity index (χ1v) is 12.4. The molecule has 0 heterocycles. The molecule has 9 nitrogen and oxygen atoms in total. The molecule has 1 N–H and O–H groups in total. The lowest BCUT2D eigenvalue weighted by Gasteiger charge is -2.32. The molecule has 9 heteroatoms. The molecule has 38 heavy (non-hydrogen) atoms. The second-order valence-corrected chi connectivity index (χ2v) is 8.91. The van der Waals surface area contributed by atoms with E-state index in [9.17, 15) is 19.7 Å². The molecule has 3 aromatic rings. The van der Waals surface area contributed by atoms with E-state index in [1.807, 2.05) is 74.5 Å². The fraction of sp³-hybridized carbons (Fsp3) is 0.310. The van der Waals surface area contributed by atoms with Gasteiger partial charge < -0.3 is 19.7 Å². The number of carbonyl (C=O) groups is 2. The number of nitrogens with zero attached hydrogens (tertiary/aromatic N) is 2. The first-order valence-electron chi connectivity index (χ1n) is 12.4. The summed E-state index contributed by atoms with van der Waals surface area (Å²) in [5.41, 5.74) is 1.58. The van der Waals surface area contributed by atoms with Gasteiger partial charge in [0.05, 0.1) is 12.0 Å².